The first-order valence-electron chi connectivity index (χ1n) is 11.5. The molecule has 7 nitrogen and oxygen atoms in total. The number of para-hydroxylation sites is 1. The smallest absolute Gasteiger partial charge is 0.337 e. The van der Waals surface area contributed by atoms with Crippen LogP contribution in [-0.4, -0.2) is 34.2 Å². The molecule has 1 aliphatic heterocycles. The number of amides is 1. The Morgan fingerprint density at radius 2 is 1.84 bits per heavy atom. The average molecular weight is 545 g/mol. The maximum atomic E-state index is 13.5. The van der Waals surface area contributed by atoms with E-state index < -0.39 is 5.97 Å². The summed E-state index contributed by atoms with van der Waals surface area (Å²) in [4.78, 5) is 31.7. The maximum absolute atomic E-state index is 13.5. The van der Waals surface area contributed by atoms with Crippen LogP contribution in [0.3, 0.4) is 0 Å². The minimum absolute atomic E-state index is 0.0158. The molecule has 1 fully saturated rings. The predicted molar refractivity (Wildman–Crippen MR) is 149 cm³/mol. The third-order valence-corrected chi connectivity index (χ3v) is 7.09. The average Bonchev–Trinajstić information content (AvgIpc) is 3.50. The fourth-order valence-corrected chi connectivity index (χ4v) is 4.99. The minimum atomic E-state index is -1.12. The van der Waals surface area contributed by atoms with Gasteiger partial charge in [0.05, 0.1) is 34.8 Å². The number of carboxylic acid groups (broad SMARTS) is 1. The second kappa shape index (κ2) is 11.0. The van der Waals surface area contributed by atoms with Crippen molar-refractivity contribution in [2.75, 3.05) is 7.11 Å². The number of carbonyl (C=O) groups is 2. The number of amidine groups is 1. The molecule has 2 heterocycles. The van der Waals surface area contributed by atoms with Gasteiger partial charge in [-0.25, -0.2) is 9.79 Å². The van der Waals surface area contributed by atoms with E-state index >= 15 is 0 Å². The number of halogens is 1. The van der Waals surface area contributed by atoms with Gasteiger partial charge in [-0.3, -0.25) is 9.69 Å². The highest BCUT2D eigenvalue weighted by molar-refractivity contribution is 8.18. The van der Waals surface area contributed by atoms with Gasteiger partial charge >= 0.3 is 5.97 Å². The van der Waals surface area contributed by atoms with Crippen LogP contribution in [0.1, 0.15) is 21.7 Å². The summed E-state index contributed by atoms with van der Waals surface area (Å²) in [5, 5.41) is 10.1. The lowest BCUT2D eigenvalue weighted by atomic mass is 10.1. The van der Waals surface area contributed by atoms with Gasteiger partial charge in [0.1, 0.15) is 17.3 Å². The molecule has 0 radical (unpaired) electrons. The van der Waals surface area contributed by atoms with Gasteiger partial charge in [-0.2, -0.15) is 0 Å². The number of methoxy groups -OCH3 is 1. The number of thioether (sulfide) groups is 1. The highest BCUT2D eigenvalue weighted by Crippen LogP contribution is 2.36. The number of hydrogen-bond acceptors (Lipinski definition) is 6. The lowest BCUT2D eigenvalue weighted by Gasteiger charge is -2.16. The number of aromatic carboxylic acids is 1. The molecule has 38 heavy (non-hydrogen) atoms. The van der Waals surface area contributed by atoms with E-state index in [2.05, 4.69) is 0 Å². The summed E-state index contributed by atoms with van der Waals surface area (Å²) in [5.41, 5.74) is 2.22. The summed E-state index contributed by atoms with van der Waals surface area (Å²) in [6, 6.07) is 25.1. The molecule has 1 saturated heterocycles. The van der Waals surface area contributed by atoms with Crippen LogP contribution in [0.4, 0.5) is 5.69 Å². The van der Waals surface area contributed by atoms with Crippen LogP contribution in [0.15, 0.2) is 99.2 Å². The predicted octanol–water partition coefficient (Wildman–Crippen LogP) is 7.11. The second-order valence-electron chi connectivity index (χ2n) is 8.28. The molecule has 4 aromatic rings. The summed E-state index contributed by atoms with van der Waals surface area (Å²) in [7, 11) is 1.61. The third kappa shape index (κ3) is 5.51. The second-order valence-corrected chi connectivity index (χ2v) is 9.70. The fourth-order valence-electron chi connectivity index (χ4n) is 3.81. The fraction of sp³-hybridized carbons (Fsp3) is 0.0690. The van der Waals surface area contributed by atoms with E-state index in [-0.39, 0.29) is 16.5 Å². The molecule has 0 spiro atoms. The van der Waals surface area contributed by atoms with E-state index in [4.69, 9.17) is 25.7 Å². The van der Waals surface area contributed by atoms with Crippen molar-refractivity contribution in [3.63, 3.8) is 0 Å². The summed E-state index contributed by atoms with van der Waals surface area (Å²) in [6.45, 7) is 0.338. The van der Waals surface area contributed by atoms with E-state index in [9.17, 15) is 14.7 Å². The van der Waals surface area contributed by atoms with Crippen LogP contribution < -0.4 is 4.74 Å². The molecule has 1 amide bonds. The number of benzene rings is 3. The van der Waals surface area contributed by atoms with Crippen molar-refractivity contribution in [1.82, 2.24) is 4.90 Å². The highest BCUT2D eigenvalue weighted by Gasteiger charge is 2.34. The van der Waals surface area contributed by atoms with E-state index in [0.717, 1.165) is 17.0 Å². The first-order valence-corrected chi connectivity index (χ1v) is 12.7. The topological polar surface area (TPSA) is 92.3 Å². The molecule has 5 rings (SSSR count). The van der Waals surface area contributed by atoms with E-state index in [1.54, 1.807) is 36.3 Å². The molecule has 9 heteroatoms. The van der Waals surface area contributed by atoms with Crippen LogP contribution >= 0.6 is 23.4 Å². The zero-order chi connectivity index (χ0) is 26.6. The number of hydrogen-bond donors (Lipinski definition) is 1. The lowest BCUT2D eigenvalue weighted by molar-refractivity contribution is -0.122. The minimum Gasteiger partial charge on any atom is -0.497 e. The van der Waals surface area contributed by atoms with Crippen LogP contribution in [0.5, 0.6) is 5.75 Å². The Morgan fingerprint density at radius 3 is 2.55 bits per heavy atom. The Hall–Kier alpha value is -4.27. The molecule has 1 aromatic heterocycles. The maximum Gasteiger partial charge on any atom is 0.337 e. The SMILES string of the molecule is COc1ccc(CN2C(=O)/C(=C\c3ccc(-c4ccc(Cl)c(C(=O)O)c4)o3)SC2=Nc2ccccc2)cc1. The molecular weight excluding hydrogens is 524 g/mol. The van der Waals surface area contributed by atoms with Crippen LogP contribution in [0.2, 0.25) is 5.02 Å². The number of ether oxygens (including phenoxy) is 1. The molecule has 0 aliphatic carbocycles. The Morgan fingerprint density at radius 1 is 1.08 bits per heavy atom. The normalized spacial score (nSPS) is 15.4. The van der Waals surface area contributed by atoms with Crippen molar-refractivity contribution in [2.24, 2.45) is 4.99 Å². The van der Waals surface area contributed by atoms with Crippen molar-refractivity contribution in [2.45, 2.75) is 6.54 Å². The number of carboxylic acids is 1. The molecular formula is C29H21ClN2O5S. The van der Waals surface area contributed by atoms with Crippen LogP contribution in [0.25, 0.3) is 17.4 Å². The number of carbonyl (C=O) groups excluding carboxylic acids is 1. The number of aliphatic imine (C=N–C) groups is 1. The number of nitrogens with zero attached hydrogens (tertiary/aromatic N) is 2. The van der Waals surface area contributed by atoms with Crippen molar-refractivity contribution in [3.8, 4) is 17.1 Å². The van der Waals surface area contributed by atoms with Gasteiger partial charge in [-0.1, -0.05) is 41.9 Å². The van der Waals surface area contributed by atoms with Crippen LogP contribution in [-0.2, 0) is 11.3 Å². The van der Waals surface area contributed by atoms with Crippen molar-refractivity contribution < 1.29 is 23.8 Å². The van der Waals surface area contributed by atoms with Gasteiger partial charge in [-0.05, 0) is 71.9 Å². The molecule has 190 valence electrons. The lowest BCUT2D eigenvalue weighted by Crippen LogP contribution is -2.28. The molecule has 0 atom stereocenters. The number of furan rings is 1. The van der Waals surface area contributed by atoms with Crippen molar-refractivity contribution >= 4 is 52.2 Å². The monoisotopic (exact) mass is 544 g/mol. The molecule has 1 aliphatic rings. The summed E-state index contributed by atoms with van der Waals surface area (Å²) in [5.74, 6) is 0.325. The zero-order valence-electron chi connectivity index (χ0n) is 20.1. The van der Waals surface area contributed by atoms with E-state index in [1.807, 2.05) is 54.6 Å². The van der Waals surface area contributed by atoms with Crippen molar-refractivity contribution in [3.05, 3.63) is 112 Å². The summed E-state index contributed by atoms with van der Waals surface area (Å²) in [6.07, 6.45) is 1.67. The van der Waals surface area contributed by atoms with E-state index in [0.29, 0.717) is 33.7 Å². The summed E-state index contributed by atoms with van der Waals surface area (Å²) >= 11 is 7.25. The van der Waals surface area contributed by atoms with Gasteiger partial charge in [0.25, 0.3) is 5.91 Å². The number of rotatable bonds is 7. The van der Waals surface area contributed by atoms with Gasteiger partial charge in [0.15, 0.2) is 5.17 Å². The first kappa shape index (κ1) is 25.4. The van der Waals surface area contributed by atoms with Gasteiger partial charge in [0.2, 0.25) is 0 Å². The van der Waals surface area contributed by atoms with Gasteiger partial charge in [-0.15, -0.1) is 0 Å². The Balaban J connectivity index is 1.45. The Labute approximate surface area is 228 Å². The van der Waals surface area contributed by atoms with Gasteiger partial charge < -0.3 is 14.3 Å². The molecule has 3 aromatic carbocycles. The zero-order valence-corrected chi connectivity index (χ0v) is 21.7. The Bertz CT molecular complexity index is 1560. The molecule has 0 unspecified atom stereocenters. The molecule has 0 saturated carbocycles. The van der Waals surface area contributed by atoms with Gasteiger partial charge in [0, 0.05) is 11.6 Å². The quantitative estimate of drug-likeness (QED) is 0.249. The van der Waals surface area contributed by atoms with Crippen molar-refractivity contribution in [1.29, 1.82) is 0 Å². The molecule has 1 N–H and O–H groups in total. The van der Waals surface area contributed by atoms with Crippen LogP contribution in [0, 0.1) is 0 Å². The summed E-state index contributed by atoms with van der Waals surface area (Å²) < 4.78 is 11.2. The Kier molecular flexibility index (Phi) is 7.35. The first-order chi connectivity index (χ1) is 18.4. The largest absolute Gasteiger partial charge is 0.497 e. The highest BCUT2D eigenvalue weighted by atomic mass is 35.5. The third-order valence-electron chi connectivity index (χ3n) is 5.75. The standard InChI is InChI=1S/C29H21ClN2O5S/c1-36-21-10-7-18(8-11-21)17-32-27(33)26(38-29(32)31-20-5-3-2-4-6-20)16-22-12-14-25(37-22)19-9-13-24(30)23(15-19)28(34)35/h2-16H,17H2,1H3,(H,34,35)/b26-16+,31-29?. The van der Waals surface area contributed by atoms with E-state index in [1.165, 1.54) is 23.9 Å². The molecule has 0 bridgehead atoms.